The molecule has 0 heterocycles. The maximum absolute atomic E-state index is 12.5. The van der Waals surface area contributed by atoms with Crippen LogP contribution in [0.15, 0.2) is 29.2 Å². The van der Waals surface area contributed by atoms with E-state index in [-0.39, 0.29) is 0 Å². The van der Waals surface area contributed by atoms with Crippen LogP contribution in [0.3, 0.4) is 0 Å². The van der Waals surface area contributed by atoms with E-state index in [1.807, 2.05) is 12.1 Å². The first kappa shape index (κ1) is 17.3. The number of alkyl halides is 2. The molecule has 0 aliphatic heterocycles. The predicted molar refractivity (Wildman–Crippen MR) is 84.8 cm³/mol. The maximum Gasteiger partial charge on any atom is 0.288 e. The van der Waals surface area contributed by atoms with Crippen molar-refractivity contribution in [2.24, 2.45) is 0 Å². The van der Waals surface area contributed by atoms with Gasteiger partial charge in [0.05, 0.1) is 0 Å². The second-order valence-corrected chi connectivity index (χ2v) is 6.15. The molecule has 114 valence electrons. The summed E-state index contributed by atoms with van der Waals surface area (Å²) in [5, 5.41) is 3.35. The molecule has 0 aromatic heterocycles. The zero-order valence-corrected chi connectivity index (χ0v) is 13.2. The molecule has 1 rings (SSSR count). The average Bonchev–Trinajstić information content (AvgIpc) is 2.40. The molecule has 1 aromatic rings. The summed E-state index contributed by atoms with van der Waals surface area (Å²) in [6.45, 7) is 4.32. The van der Waals surface area contributed by atoms with E-state index in [4.69, 9.17) is 0 Å². The SMILES string of the molecule is CCCCCCCC(C)Nc1ccccc1SC(F)F. The van der Waals surface area contributed by atoms with Gasteiger partial charge in [0.25, 0.3) is 5.76 Å². The van der Waals surface area contributed by atoms with Crippen molar-refractivity contribution in [3.8, 4) is 0 Å². The smallest absolute Gasteiger partial charge is 0.288 e. The number of halogens is 2. The number of nitrogens with one attached hydrogen (secondary N) is 1. The van der Waals surface area contributed by atoms with Crippen LogP contribution in [0.5, 0.6) is 0 Å². The Kier molecular flexibility index (Phi) is 8.67. The van der Waals surface area contributed by atoms with Crippen molar-refractivity contribution in [1.29, 1.82) is 0 Å². The van der Waals surface area contributed by atoms with Gasteiger partial charge >= 0.3 is 0 Å². The third kappa shape index (κ3) is 7.13. The van der Waals surface area contributed by atoms with Crippen molar-refractivity contribution in [1.82, 2.24) is 0 Å². The van der Waals surface area contributed by atoms with Gasteiger partial charge in [-0.3, -0.25) is 0 Å². The molecule has 0 amide bonds. The van der Waals surface area contributed by atoms with Crippen LogP contribution in [0.2, 0.25) is 0 Å². The number of anilines is 1. The van der Waals surface area contributed by atoms with E-state index in [1.165, 1.54) is 32.1 Å². The molecule has 4 heteroatoms. The number of benzene rings is 1. The van der Waals surface area contributed by atoms with Crippen molar-refractivity contribution >= 4 is 17.4 Å². The summed E-state index contributed by atoms with van der Waals surface area (Å²) in [7, 11) is 0. The van der Waals surface area contributed by atoms with Crippen LogP contribution in [-0.4, -0.2) is 11.8 Å². The number of para-hydroxylation sites is 1. The molecule has 1 aromatic carbocycles. The van der Waals surface area contributed by atoms with E-state index in [0.717, 1.165) is 12.1 Å². The van der Waals surface area contributed by atoms with Gasteiger partial charge < -0.3 is 5.32 Å². The number of rotatable bonds is 10. The minimum Gasteiger partial charge on any atom is -0.382 e. The summed E-state index contributed by atoms with van der Waals surface area (Å²) in [6.07, 6.45) is 7.38. The third-order valence-electron chi connectivity index (χ3n) is 3.25. The monoisotopic (exact) mass is 301 g/mol. The van der Waals surface area contributed by atoms with Crippen LogP contribution in [0.25, 0.3) is 0 Å². The van der Waals surface area contributed by atoms with Gasteiger partial charge in [0.2, 0.25) is 0 Å². The topological polar surface area (TPSA) is 12.0 Å². The molecule has 0 aliphatic rings. The quantitative estimate of drug-likeness (QED) is 0.410. The number of hydrogen-bond acceptors (Lipinski definition) is 2. The van der Waals surface area contributed by atoms with Gasteiger partial charge in [0, 0.05) is 16.6 Å². The van der Waals surface area contributed by atoms with E-state index in [2.05, 4.69) is 19.2 Å². The van der Waals surface area contributed by atoms with Crippen LogP contribution < -0.4 is 5.32 Å². The third-order valence-corrected chi connectivity index (χ3v) is 4.03. The first-order chi connectivity index (χ1) is 9.63. The summed E-state index contributed by atoms with van der Waals surface area (Å²) in [6, 6.07) is 7.61. The van der Waals surface area contributed by atoms with Crippen LogP contribution in [-0.2, 0) is 0 Å². The zero-order chi connectivity index (χ0) is 14.8. The highest BCUT2D eigenvalue weighted by molar-refractivity contribution is 7.99. The molecule has 1 nitrogen and oxygen atoms in total. The van der Waals surface area contributed by atoms with Crippen LogP contribution in [0.4, 0.5) is 14.5 Å². The van der Waals surface area contributed by atoms with E-state index in [9.17, 15) is 8.78 Å². The van der Waals surface area contributed by atoms with Crippen molar-refractivity contribution in [2.75, 3.05) is 5.32 Å². The molecule has 0 saturated carbocycles. The standard InChI is InChI=1S/C16H25F2NS/c1-3-4-5-6-7-10-13(2)19-14-11-8-9-12-15(14)20-16(17)18/h8-9,11-13,16,19H,3-7,10H2,1-2H3. The van der Waals surface area contributed by atoms with E-state index in [1.54, 1.807) is 12.1 Å². The highest BCUT2D eigenvalue weighted by Gasteiger charge is 2.11. The molecule has 0 spiro atoms. The molecule has 0 saturated heterocycles. The maximum atomic E-state index is 12.5. The Hall–Kier alpha value is -0.770. The minimum atomic E-state index is -2.37. The second kappa shape index (κ2) is 10.0. The Morgan fingerprint density at radius 1 is 1.10 bits per heavy atom. The Balaban J connectivity index is 2.39. The Bertz CT molecular complexity index is 371. The molecule has 0 bridgehead atoms. The van der Waals surface area contributed by atoms with E-state index >= 15 is 0 Å². The van der Waals surface area contributed by atoms with E-state index < -0.39 is 5.76 Å². The van der Waals surface area contributed by atoms with Crippen LogP contribution in [0.1, 0.15) is 52.4 Å². The summed E-state index contributed by atoms with van der Waals surface area (Å²) in [4.78, 5) is 0.625. The largest absolute Gasteiger partial charge is 0.382 e. The molecular formula is C16H25F2NS. The lowest BCUT2D eigenvalue weighted by molar-refractivity contribution is 0.252. The summed E-state index contributed by atoms with van der Waals surface area (Å²) in [5.74, 6) is -2.37. The zero-order valence-electron chi connectivity index (χ0n) is 12.4. The van der Waals surface area contributed by atoms with Gasteiger partial charge in [-0.2, -0.15) is 8.78 Å². The van der Waals surface area contributed by atoms with Gasteiger partial charge in [0.1, 0.15) is 0 Å². The average molecular weight is 301 g/mol. The fraction of sp³-hybridized carbons (Fsp3) is 0.625. The van der Waals surface area contributed by atoms with Gasteiger partial charge in [-0.1, -0.05) is 62.9 Å². The fourth-order valence-electron chi connectivity index (χ4n) is 2.18. The number of unbranched alkanes of at least 4 members (excludes halogenated alkanes) is 4. The molecule has 0 aliphatic carbocycles. The Labute approximate surface area is 125 Å². The van der Waals surface area contributed by atoms with Gasteiger partial charge in [-0.25, -0.2) is 0 Å². The molecule has 1 unspecified atom stereocenters. The fourth-order valence-corrected chi connectivity index (χ4v) is 2.78. The number of thioether (sulfide) groups is 1. The highest BCUT2D eigenvalue weighted by Crippen LogP contribution is 2.32. The first-order valence-corrected chi connectivity index (χ1v) is 8.31. The van der Waals surface area contributed by atoms with Crippen LogP contribution in [0, 0.1) is 0 Å². The van der Waals surface area contributed by atoms with Crippen LogP contribution >= 0.6 is 11.8 Å². The normalized spacial score (nSPS) is 12.7. The minimum absolute atomic E-state index is 0.316. The van der Waals surface area contributed by atoms with Gasteiger partial charge in [-0.15, -0.1) is 0 Å². The van der Waals surface area contributed by atoms with E-state index in [0.29, 0.717) is 22.7 Å². The highest BCUT2D eigenvalue weighted by atomic mass is 32.2. The Morgan fingerprint density at radius 3 is 2.50 bits per heavy atom. The summed E-state index contributed by atoms with van der Waals surface area (Å²) < 4.78 is 25.0. The second-order valence-electron chi connectivity index (χ2n) is 5.12. The molecule has 0 fully saturated rings. The summed E-state index contributed by atoms with van der Waals surface area (Å²) in [5.41, 5.74) is 0.818. The molecule has 1 N–H and O–H groups in total. The molecule has 0 radical (unpaired) electrons. The molecule has 20 heavy (non-hydrogen) atoms. The van der Waals surface area contributed by atoms with Crippen molar-refractivity contribution in [2.45, 2.75) is 69.1 Å². The van der Waals surface area contributed by atoms with Crippen molar-refractivity contribution in [3.05, 3.63) is 24.3 Å². The lowest BCUT2D eigenvalue weighted by atomic mass is 10.1. The first-order valence-electron chi connectivity index (χ1n) is 7.43. The molecular weight excluding hydrogens is 276 g/mol. The Morgan fingerprint density at radius 2 is 1.80 bits per heavy atom. The number of hydrogen-bond donors (Lipinski definition) is 1. The lowest BCUT2D eigenvalue weighted by Gasteiger charge is -2.17. The van der Waals surface area contributed by atoms with Gasteiger partial charge in [0.15, 0.2) is 0 Å². The molecule has 1 atom stereocenters. The summed E-state index contributed by atoms with van der Waals surface area (Å²) >= 11 is 0.606. The van der Waals surface area contributed by atoms with Crippen molar-refractivity contribution in [3.63, 3.8) is 0 Å². The predicted octanol–water partition coefficient (Wildman–Crippen LogP) is 6.16. The van der Waals surface area contributed by atoms with Gasteiger partial charge in [-0.05, 0) is 25.5 Å². The lowest BCUT2D eigenvalue weighted by Crippen LogP contribution is -2.15. The van der Waals surface area contributed by atoms with Crippen molar-refractivity contribution < 1.29 is 8.78 Å².